The molecule has 16 bridgehead atoms. The third-order valence-corrected chi connectivity index (χ3v) is 21.0. The number of aromatic amines is 4. The monoisotopic (exact) mass is 1800 g/mol. The molecule has 8 aromatic carbocycles. The fraction of sp³-hybridized carbons (Fsp3) is 0.333. The lowest BCUT2D eigenvalue weighted by molar-refractivity contribution is 0.333. The molecule has 0 saturated carbocycles. The van der Waals surface area contributed by atoms with Gasteiger partial charge in [-0.1, -0.05) is 0 Å². The summed E-state index contributed by atoms with van der Waals surface area (Å²) in [5.74, 6) is 11.6. The molecule has 18 rings (SSSR count). The van der Waals surface area contributed by atoms with Crippen molar-refractivity contribution in [2.24, 2.45) is 0 Å². The van der Waals surface area contributed by atoms with Crippen LogP contribution in [0.3, 0.4) is 0 Å². The standard InChI is InChI=1S/2C48H50N8O8.2ClH/c2*1-9-57-25-17-18-26(58-10-2)34-33(25)41-49-42(34)54-44-37-29(61-13-5)21-22-30(62-14-6)38(37)46(51-44)56-48-40-32(64-16-8)24-23-31(63-15-7)39(40)47(52-48)55-45-36-28(60-12-4)20-19-27(59-11-3)35(36)43(50-45)53-41;;/h2*17-24H,9-16H2,1-8H3,(H2,49,50,51,52,53,54,55,56);2*1H. The summed E-state index contributed by atoms with van der Waals surface area (Å²) >= 11 is 0. The molecule has 0 atom stereocenters. The van der Waals surface area contributed by atoms with Crippen molar-refractivity contribution in [1.29, 1.82) is 0 Å². The summed E-state index contributed by atoms with van der Waals surface area (Å²) in [5, 5.41) is 5.07. The second-order valence-corrected chi connectivity index (χ2v) is 28.6. The van der Waals surface area contributed by atoms with Crippen molar-refractivity contribution >= 4 is 113 Å². The van der Waals surface area contributed by atoms with E-state index in [4.69, 9.17) is 136 Å². The fourth-order valence-electron chi connectivity index (χ4n) is 16.5. The van der Waals surface area contributed by atoms with Gasteiger partial charge in [-0.05, 0) is 208 Å². The first-order valence-corrected chi connectivity index (χ1v) is 43.9. The van der Waals surface area contributed by atoms with E-state index in [1.807, 2.05) is 208 Å². The van der Waals surface area contributed by atoms with Gasteiger partial charge in [-0.3, -0.25) is 0 Å². The van der Waals surface area contributed by atoms with Crippen LogP contribution in [-0.2, 0) is 0 Å². The predicted molar refractivity (Wildman–Crippen MR) is 505 cm³/mol. The average molecular weight is 1810 g/mol. The van der Waals surface area contributed by atoms with Crippen molar-refractivity contribution < 1.29 is 75.8 Å². The molecule has 130 heavy (non-hydrogen) atoms. The van der Waals surface area contributed by atoms with Gasteiger partial charge in [0.05, 0.1) is 193 Å². The van der Waals surface area contributed by atoms with Crippen molar-refractivity contribution in [1.82, 2.24) is 79.7 Å². The molecular formula is C96H102Cl2N16O16. The fourth-order valence-corrected chi connectivity index (χ4v) is 16.5. The Balaban J connectivity index is 0.000000196. The van der Waals surface area contributed by atoms with Crippen molar-refractivity contribution in [3.05, 3.63) is 97.1 Å². The normalized spacial score (nSPS) is 11.4. The van der Waals surface area contributed by atoms with Gasteiger partial charge in [-0.15, -0.1) is 24.8 Å². The Morgan fingerprint density at radius 3 is 0.338 bits per heavy atom. The Morgan fingerprint density at radius 1 is 0.146 bits per heavy atom. The summed E-state index contributed by atoms with van der Waals surface area (Å²) in [6.07, 6.45) is 0. The van der Waals surface area contributed by atoms with Crippen molar-refractivity contribution in [3.8, 4) is 183 Å². The maximum absolute atomic E-state index is 6.29. The van der Waals surface area contributed by atoms with Gasteiger partial charge in [0.15, 0.2) is 46.6 Å². The first kappa shape index (κ1) is 90.6. The quantitative estimate of drug-likeness (QED) is 0.0304. The molecule has 4 aliphatic heterocycles. The van der Waals surface area contributed by atoms with Gasteiger partial charge in [0, 0.05) is 0 Å². The minimum Gasteiger partial charge on any atom is -0.493 e. The molecule has 0 radical (unpaired) electrons. The lowest BCUT2D eigenvalue weighted by Gasteiger charge is -2.13. The van der Waals surface area contributed by atoms with Gasteiger partial charge >= 0.3 is 0 Å². The van der Waals surface area contributed by atoms with E-state index in [9.17, 15) is 0 Å². The van der Waals surface area contributed by atoms with Crippen LogP contribution in [0.4, 0.5) is 0 Å². The van der Waals surface area contributed by atoms with Crippen LogP contribution in [-0.4, -0.2) is 185 Å². The van der Waals surface area contributed by atoms with Crippen molar-refractivity contribution in [2.75, 3.05) is 106 Å². The molecule has 6 aromatic heterocycles. The number of halogens is 2. The third kappa shape index (κ3) is 16.3. The lowest BCUT2D eigenvalue weighted by Crippen LogP contribution is -1.99. The van der Waals surface area contributed by atoms with Crippen LogP contribution in [0.1, 0.15) is 111 Å². The van der Waals surface area contributed by atoms with Crippen LogP contribution >= 0.6 is 24.8 Å². The van der Waals surface area contributed by atoms with Crippen LogP contribution in [0.15, 0.2) is 97.1 Å². The molecule has 14 aromatic rings. The van der Waals surface area contributed by atoms with E-state index in [-0.39, 0.29) is 24.8 Å². The number of nitrogens with one attached hydrogen (secondary N) is 4. The molecule has 0 unspecified atom stereocenters. The minimum atomic E-state index is 0. The van der Waals surface area contributed by atoms with E-state index in [1.165, 1.54) is 0 Å². The highest BCUT2D eigenvalue weighted by molar-refractivity contribution is 6.16. The number of ether oxygens (including phenoxy) is 16. The van der Waals surface area contributed by atoms with E-state index in [0.29, 0.717) is 377 Å². The number of fused-ring (bicyclic) bond motifs is 40. The van der Waals surface area contributed by atoms with Crippen LogP contribution in [0.2, 0.25) is 0 Å². The van der Waals surface area contributed by atoms with E-state index >= 15 is 0 Å². The van der Waals surface area contributed by atoms with Crippen molar-refractivity contribution in [2.45, 2.75) is 111 Å². The lowest BCUT2D eigenvalue weighted by atomic mass is 10.1. The Labute approximate surface area is 761 Å². The summed E-state index contributed by atoms with van der Waals surface area (Å²) in [5.41, 5.74) is 8.14. The Bertz CT molecular complexity index is 5810. The number of hydrogen-bond acceptors (Lipinski definition) is 28. The summed E-state index contributed by atoms with van der Waals surface area (Å²) in [6, 6.07) is 30.0. The maximum atomic E-state index is 6.29. The zero-order valence-electron chi connectivity index (χ0n) is 75.3. The molecule has 10 heterocycles. The van der Waals surface area contributed by atoms with Gasteiger partial charge in [-0.2, -0.15) is 0 Å². The number of aromatic nitrogens is 16. The molecule has 4 aliphatic rings. The van der Waals surface area contributed by atoms with Crippen LogP contribution in [0.5, 0.6) is 92.0 Å². The first-order chi connectivity index (χ1) is 62.8. The first-order valence-electron chi connectivity index (χ1n) is 43.9. The van der Waals surface area contributed by atoms with Crippen LogP contribution in [0, 0.1) is 0 Å². The number of hydrogen-bond donors (Lipinski definition) is 4. The molecule has 0 amide bonds. The largest absolute Gasteiger partial charge is 0.493 e. The van der Waals surface area contributed by atoms with Gasteiger partial charge in [-0.25, -0.2) is 59.8 Å². The highest BCUT2D eigenvalue weighted by Gasteiger charge is 2.36. The maximum Gasteiger partial charge on any atom is 0.168 e. The topological polar surface area (TPSA) is 366 Å². The third-order valence-electron chi connectivity index (χ3n) is 21.0. The van der Waals surface area contributed by atoms with Crippen LogP contribution in [0.25, 0.3) is 179 Å². The summed E-state index contributed by atoms with van der Waals surface area (Å²) in [6.45, 7) is 37.2. The molecule has 4 N–H and O–H groups in total. The zero-order valence-corrected chi connectivity index (χ0v) is 76.9. The van der Waals surface area contributed by atoms with Crippen LogP contribution < -0.4 is 75.8 Å². The van der Waals surface area contributed by atoms with E-state index in [2.05, 4.69) is 19.9 Å². The number of rotatable bonds is 32. The highest BCUT2D eigenvalue weighted by Crippen LogP contribution is 2.54. The molecule has 0 aliphatic carbocycles. The van der Waals surface area contributed by atoms with Gasteiger partial charge in [0.2, 0.25) is 0 Å². The van der Waals surface area contributed by atoms with Crippen molar-refractivity contribution in [3.63, 3.8) is 0 Å². The second-order valence-electron chi connectivity index (χ2n) is 28.6. The average Bonchev–Trinajstić information content (AvgIpc) is 1.57. The van der Waals surface area contributed by atoms with E-state index in [0.717, 1.165) is 0 Å². The Morgan fingerprint density at radius 2 is 0.238 bits per heavy atom. The molecule has 0 saturated heterocycles. The Kier molecular flexibility index (Phi) is 27.6. The number of benzene rings is 8. The zero-order chi connectivity index (χ0) is 89.0. The molecule has 32 nitrogen and oxygen atoms in total. The summed E-state index contributed by atoms with van der Waals surface area (Å²) in [4.78, 5) is 77.4. The number of nitrogens with zero attached hydrogens (tertiary/aromatic N) is 12. The minimum absolute atomic E-state index is 0. The highest BCUT2D eigenvalue weighted by atomic mass is 35.5. The van der Waals surface area contributed by atoms with E-state index < -0.39 is 0 Å². The molecule has 676 valence electrons. The molecule has 0 spiro atoms. The number of H-pyrrole nitrogens is 4. The molecule has 34 heteroatoms. The summed E-state index contributed by atoms with van der Waals surface area (Å²) < 4.78 is 101. The molecule has 0 fully saturated rings. The molecular weight excluding hydrogens is 1700 g/mol. The SMILES string of the molecule is CCOc1ccc(OCC)c2c1-c1nc-2nc2[nH]c(nc3nc(nc4[nH]c(n1)c1c(OCC)ccc(OCC)c41)-c1c(OCC)ccc(OCC)c1-3)c1c(OCC)ccc(OCC)c21.CCOc1ccc(OCC)c2c1-c1nc-2nc2[nH]c(nc3nc(nc4[nH]c(n1)c1c(OCC)ccc(OCC)c41)-c1c(OCC)ccc(OCC)c1-3)c1c(OCC)ccc(OCC)c21.Cl.Cl. The predicted octanol–water partition coefficient (Wildman–Crippen LogP) is 21.0. The van der Waals surface area contributed by atoms with Gasteiger partial charge in [0.1, 0.15) is 137 Å². The van der Waals surface area contributed by atoms with Gasteiger partial charge < -0.3 is 95.7 Å². The van der Waals surface area contributed by atoms with Gasteiger partial charge in [0.25, 0.3) is 0 Å². The summed E-state index contributed by atoms with van der Waals surface area (Å²) in [7, 11) is 0. The second kappa shape index (κ2) is 39.6. The Hall–Kier alpha value is -14.1. The smallest absolute Gasteiger partial charge is 0.168 e. The van der Waals surface area contributed by atoms with E-state index in [1.54, 1.807) is 0 Å².